The second-order valence-electron chi connectivity index (χ2n) is 5.04. The third-order valence-electron chi connectivity index (χ3n) is 3.55. The molecule has 2 amide bonds. The summed E-state index contributed by atoms with van der Waals surface area (Å²) in [7, 11) is 0. The van der Waals surface area contributed by atoms with Crippen LogP contribution < -0.4 is 10.6 Å². The molecule has 0 aromatic heterocycles. The Kier molecular flexibility index (Phi) is 2.61. The first kappa shape index (κ1) is 12.4. The first-order valence-corrected chi connectivity index (χ1v) is 6.34. The summed E-state index contributed by atoms with van der Waals surface area (Å²) >= 11 is 0. The zero-order chi connectivity index (χ0) is 14.4. The molecule has 0 bridgehead atoms. The van der Waals surface area contributed by atoms with Gasteiger partial charge in [-0.3, -0.25) is 9.59 Å². The van der Waals surface area contributed by atoms with E-state index in [0.717, 1.165) is 11.1 Å². The van der Waals surface area contributed by atoms with Crippen LogP contribution in [0.25, 0.3) is 0 Å². The van der Waals surface area contributed by atoms with E-state index in [2.05, 4.69) is 0 Å². The van der Waals surface area contributed by atoms with E-state index in [1.165, 1.54) is 4.90 Å². The number of hydrogen-bond acceptors (Lipinski definition) is 3. The highest BCUT2D eigenvalue weighted by Crippen LogP contribution is 2.30. The number of carbonyl (C=O) groups excluding carboxylic acids is 2. The van der Waals surface area contributed by atoms with Crippen LogP contribution >= 0.6 is 0 Å². The first-order chi connectivity index (χ1) is 9.49. The molecule has 1 aliphatic rings. The zero-order valence-electron chi connectivity index (χ0n) is 11.3. The fourth-order valence-corrected chi connectivity index (χ4v) is 2.39. The van der Waals surface area contributed by atoms with Crippen LogP contribution in [0.15, 0.2) is 36.4 Å². The minimum Gasteiger partial charge on any atom is -0.399 e. The standard InChI is InChI=1S/C16H14N2O2/c1-9-3-5-12-13(7-9)16(20)18(15(12)19)11-4-6-14(17)10(2)8-11/h3-8H,17H2,1-2H3. The summed E-state index contributed by atoms with van der Waals surface area (Å²) in [6, 6.07) is 10.4. The van der Waals surface area contributed by atoms with Crippen molar-refractivity contribution in [2.45, 2.75) is 13.8 Å². The molecule has 1 heterocycles. The lowest BCUT2D eigenvalue weighted by molar-refractivity contribution is 0.0926. The number of rotatable bonds is 1. The molecule has 0 aliphatic carbocycles. The predicted octanol–water partition coefficient (Wildman–Crippen LogP) is 2.69. The summed E-state index contributed by atoms with van der Waals surface area (Å²) < 4.78 is 0. The number of carbonyl (C=O) groups is 2. The van der Waals surface area contributed by atoms with Gasteiger partial charge < -0.3 is 5.73 Å². The van der Waals surface area contributed by atoms with Crippen molar-refractivity contribution in [3.8, 4) is 0 Å². The monoisotopic (exact) mass is 266 g/mol. The molecule has 4 nitrogen and oxygen atoms in total. The Morgan fingerprint density at radius 3 is 2.30 bits per heavy atom. The fraction of sp³-hybridized carbons (Fsp3) is 0.125. The van der Waals surface area contributed by atoms with Crippen molar-refractivity contribution < 1.29 is 9.59 Å². The number of nitrogens with two attached hydrogens (primary N) is 1. The second-order valence-corrected chi connectivity index (χ2v) is 5.04. The number of anilines is 2. The first-order valence-electron chi connectivity index (χ1n) is 6.34. The molecule has 0 atom stereocenters. The lowest BCUT2D eigenvalue weighted by Gasteiger charge is -2.15. The molecule has 2 aromatic rings. The van der Waals surface area contributed by atoms with Gasteiger partial charge in [-0.25, -0.2) is 4.90 Å². The molecule has 4 heteroatoms. The number of benzene rings is 2. The number of nitrogen functional groups attached to an aromatic ring is 1. The fourth-order valence-electron chi connectivity index (χ4n) is 2.39. The summed E-state index contributed by atoms with van der Waals surface area (Å²) in [6.45, 7) is 3.75. The molecule has 0 spiro atoms. The lowest BCUT2D eigenvalue weighted by atomic mass is 10.1. The van der Waals surface area contributed by atoms with Crippen LogP contribution in [-0.4, -0.2) is 11.8 Å². The topological polar surface area (TPSA) is 63.4 Å². The van der Waals surface area contributed by atoms with Gasteiger partial charge in [0.15, 0.2) is 0 Å². The predicted molar refractivity (Wildman–Crippen MR) is 77.9 cm³/mol. The molecule has 0 saturated heterocycles. The van der Waals surface area contributed by atoms with Crippen molar-refractivity contribution in [2.75, 3.05) is 10.6 Å². The van der Waals surface area contributed by atoms with Crippen molar-refractivity contribution in [2.24, 2.45) is 0 Å². The molecular weight excluding hydrogens is 252 g/mol. The zero-order valence-corrected chi connectivity index (χ0v) is 11.3. The molecule has 0 saturated carbocycles. The van der Waals surface area contributed by atoms with Crippen molar-refractivity contribution >= 4 is 23.2 Å². The Bertz CT molecular complexity index is 750. The Balaban J connectivity index is 2.11. The summed E-state index contributed by atoms with van der Waals surface area (Å²) in [5.41, 5.74) is 9.69. The van der Waals surface area contributed by atoms with Crippen molar-refractivity contribution in [3.05, 3.63) is 58.7 Å². The molecular formula is C16H14N2O2. The third kappa shape index (κ3) is 1.69. The summed E-state index contributed by atoms with van der Waals surface area (Å²) in [4.78, 5) is 26.0. The molecule has 20 heavy (non-hydrogen) atoms. The van der Waals surface area contributed by atoms with Crippen LogP contribution in [0, 0.1) is 13.8 Å². The minimum absolute atomic E-state index is 0.280. The Labute approximate surface area is 116 Å². The SMILES string of the molecule is Cc1ccc2c(c1)C(=O)N(c1ccc(N)c(C)c1)C2=O. The average molecular weight is 266 g/mol. The van der Waals surface area contributed by atoms with Gasteiger partial charge in [0.25, 0.3) is 11.8 Å². The van der Waals surface area contributed by atoms with Gasteiger partial charge in [0.2, 0.25) is 0 Å². The van der Waals surface area contributed by atoms with Gasteiger partial charge in [-0.2, -0.15) is 0 Å². The van der Waals surface area contributed by atoms with Gasteiger partial charge >= 0.3 is 0 Å². The van der Waals surface area contributed by atoms with E-state index in [4.69, 9.17) is 5.73 Å². The van der Waals surface area contributed by atoms with Crippen LogP contribution in [0.3, 0.4) is 0 Å². The highest BCUT2D eigenvalue weighted by atomic mass is 16.2. The summed E-state index contributed by atoms with van der Waals surface area (Å²) in [5, 5.41) is 0. The summed E-state index contributed by atoms with van der Waals surface area (Å²) in [5.74, 6) is -0.563. The smallest absolute Gasteiger partial charge is 0.266 e. The van der Waals surface area contributed by atoms with Crippen molar-refractivity contribution in [1.29, 1.82) is 0 Å². The maximum Gasteiger partial charge on any atom is 0.266 e. The lowest BCUT2D eigenvalue weighted by Crippen LogP contribution is -2.29. The second kappa shape index (κ2) is 4.20. The molecule has 0 fully saturated rings. The molecule has 100 valence electrons. The van der Waals surface area contributed by atoms with E-state index in [9.17, 15) is 9.59 Å². The van der Waals surface area contributed by atoms with Gasteiger partial charge in [0.1, 0.15) is 0 Å². The molecule has 0 radical (unpaired) electrons. The molecule has 0 unspecified atom stereocenters. The van der Waals surface area contributed by atoms with E-state index in [1.54, 1.807) is 30.3 Å². The van der Waals surface area contributed by atoms with Gasteiger partial charge in [0, 0.05) is 5.69 Å². The van der Waals surface area contributed by atoms with Crippen LogP contribution in [0.2, 0.25) is 0 Å². The van der Waals surface area contributed by atoms with Crippen LogP contribution in [0.4, 0.5) is 11.4 Å². The van der Waals surface area contributed by atoms with E-state index in [1.807, 2.05) is 19.9 Å². The normalized spacial score (nSPS) is 13.8. The highest BCUT2D eigenvalue weighted by molar-refractivity contribution is 6.34. The van der Waals surface area contributed by atoms with E-state index in [0.29, 0.717) is 22.5 Å². The maximum absolute atomic E-state index is 12.4. The van der Waals surface area contributed by atoms with Crippen molar-refractivity contribution in [3.63, 3.8) is 0 Å². The number of hydrogen-bond donors (Lipinski definition) is 1. The quantitative estimate of drug-likeness (QED) is 0.637. The number of imide groups is 1. The highest BCUT2D eigenvalue weighted by Gasteiger charge is 2.36. The van der Waals surface area contributed by atoms with Gasteiger partial charge in [-0.1, -0.05) is 11.6 Å². The molecule has 3 rings (SSSR count). The molecule has 1 aliphatic heterocycles. The van der Waals surface area contributed by atoms with E-state index in [-0.39, 0.29) is 11.8 Å². The van der Waals surface area contributed by atoms with Crippen molar-refractivity contribution in [1.82, 2.24) is 0 Å². The van der Waals surface area contributed by atoms with Crippen LogP contribution in [-0.2, 0) is 0 Å². The van der Waals surface area contributed by atoms with Gasteiger partial charge in [0.05, 0.1) is 16.8 Å². The minimum atomic E-state index is -0.283. The Morgan fingerprint density at radius 1 is 0.900 bits per heavy atom. The largest absolute Gasteiger partial charge is 0.399 e. The van der Waals surface area contributed by atoms with Gasteiger partial charge in [-0.05, 0) is 49.7 Å². The van der Waals surface area contributed by atoms with Crippen LogP contribution in [0.5, 0.6) is 0 Å². The summed E-state index contributed by atoms with van der Waals surface area (Å²) in [6.07, 6.45) is 0. The van der Waals surface area contributed by atoms with Gasteiger partial charge in [-0.15, -0.1) is 0 Å². The maximum atomic E-state index is 12.4. The third-order valence-corrected chi connectivity index (χ3v) is 3.55. The number of fused-ring (bicyclic) bond motifs is 1. The van der Waals surface area contributed by atoms with Crippen LogP contribution in [0.1, 0.15) is 31.8 Å². The average Bonchev–Trinajstić information content (AvgIpc) is 2.65. The Hall–Kier alpha value is -2.62. The van der Waals surface area contributed by atoms with E-state index >= 15 is 0 Å². The Morgan fingerprint density at radius 2 is 1.60 bits per heavy atom. The molecule has 2 N–H and O–H groups in total. The number of amides is 2. The number of aryl methyl sites for hydroxylation is 2. The van der Waals surface area contributed by atoms with E-state index < -0.39 is 0 Å². The number of nitrogens with zero attached hydrogens (tertiary/aromatic N) is 1. The molecule has 2 aromatic carbocycles.